The van der Waals surface area contributed by atoms with Crippen LogP contribution >= 0.6 is 0 Å². The molecular weight excluding hydrogens is 242 g/mol. The monoisotopic (exact) mass is 263 g/mol. The summed E-state index contributed by atoms with van der Waals surface area (Å²) in [6.45, 7) is 3.44. The minimum atomic E-state index is 0.0760. The second kappa shape index (κ2) is 5.91. The van der Waals surface area contributed by atoms with Crippen LogP contribution in [-0.4, -0.2) is 54.1 Å². The summed E-state index contributed by atoms with van der Waals surface area (Å²) < 4.78 is 5.86. The summed E-state index contributed by atoms with van der Waals surface area (Å²) in [5.41, 5.74) is 0.956. The average molecular weight is 263 g/mol. The molecule has 1 aliphatic heterocycles. The third-order valence-electron chi connectivity index (χ3n) is 3.25. The number of aryl methyl sites for hydroxylation is 1. The van der Waals surface area contributed by atoms with Crippen LogP contribution in [0.25, 0.3) is 0 Å². The Hall–Kier alpha value is -1.78. The summed E-state index contributed by atoms with van der Waals surface area (Å²) in [6.07, 6.45) is 1.87. The minimum absolute atomic E-state index is 0.0760. The molecule has 0 atom stereocenters. The number of pyridine rings is 1. The van der Waals surface area contributed by atoms with Crippen molar-refractivity contribution in [1.29, 1.82) is 0 Å². The van der Waals surface area contributed by atoms with Gasteiger partial charge in [-0.15, -0.1) is 0 Å². The van der Waals surface area contributed by atoms with E-state index < -0.39 is 0 Å². The van der Waals surface area contributed by atoms with Gasteiger partial charge in [0.25, 0.3) is 0 Å². The van der Waals surface area contributed by atoms with Crippen LogP contribution in [0.15, 0.2) is 18.2 Å². The molecule has 104 valence electrons. The molecule has 2 heterocycles. The highest BCUT2D eigenvalue weighted by Crippen LogP contribution is 2.18. The lowest BCUT2D eigenvalue weighted by atomic mass is 10.1. The number of carbonyl (C=O) groups excluding carboxylic acids is 1. The highest BCUT2D eigenvalue weighted by Gasteiger charge is 2.24. The lowest BCUT2D eigenvalue weighted by Gasteiger charge is -2.33. The molecule has 1 aromatic heterocycles. The van der Waals surface area contributed by atoms with Crippen molar-refractivity contribution in [3.63, 3.8) is 0 Å². The summed E-state index contributed by atoms with van der Waals surface area (Å²) in [4.78, 5) is 19.6. The Bertz CT molecular complexity index is 440. The van der Waals surface area contributed by atoms with Gasteiger partial charge in [-0.2, -0.15) is 0 Å². The fraction of sp³-hybridized carbons (Fsp3) is 0.571. The number of ether oxygens (including phenoxy) is 1. The Balaban J connectivity index is 1.85. The molecule has 0 aromatic carbocycles. The lowest BCUT2D eigenvalue weighted by molar-refractivity contribution is 0.0982. The van der Waals surface area contributed by atoms with E-state index in [2.05, 4.69) is 4.98 Å². The van der Waals surface area contributed by atoms with Crippen molar-refractivity contribution in [3.05, 3.63) is 23.9 Å². The number of urea groups is 1. The molecule has 0 unspecified atom stereocenters. The van der Waals surface area contributed by atoms with Crippen LogP contribution in [-0.2, 0) is 0 Å². The number of hydrogen-bond donors (Lipinski definition) is 0. The molecule has 0 aliphatic carbocycles. The molecule has 5 nitrogen and oxygen atoms in total. The van der Waals surface area contributed by atoms with E-state index in [4.69, 9.17) is 4.74 Å². The number of piperidine rings is 1. The van der Waals surface area contributed by atoms with Crippen LogP contribution in [0.4, 0.5) is 4.79 Å². The number of hydrogen-bond acceptors (Lipinski definition) is 3. The molecule has 2 rings (SSSR count). The van der Waals surface area contributed by atoms with Crippen molar-refractivity contribution in [3.8, 4) is 5.88 Å². The highest BCUT2D eigenvalue weighted by atomic mass is 16.5. The van der Waals surface area contributed by atoms with Crippen LogP contribution in [0, 0.1) is 6.92 Å². The number of nitrogens with zero attached hydrogens (tertiary/aromatic N) is 3. The molecule has 1 aromatic rings. The van der Waals surface area contributed by atoms with Crippen molar-refractivity contribution < 1.29 is 9.53 Å². The largest absolute Gasteiger partial charge is 0.474 e. The average Bonchev–Trinajstić information content (AvgIpc) is 2.39. The molecule has 2 amide bonds. The van der Waals surface area contributed by atoms with Crippen molar-refractivity contribution in [2.24, 2.45) is 0 Å². The molecule has 0 spiro atoms. The van der Waals surface area contributed by atoms with E-state index >= 15 is 0 Å². The van der Waals surface area contributed by atoms with E-state index in [0.29, 0.717) is 5.88 Å². The third-order valence-corrected chi connectivity index (χ3v) is 3.25. The lowest BCUT2D eigenvalue weighted by Crippen LogP contribution is -2.46. The fourth-order valence-corrected chi connectivity index (χ4v) is 2.20. The zero-order valence-corrected chi connectivity index (χ0v) is 11.8. The first kappa shape index (κ1) is 13.6. The standard InChI is InChI=1S/C14H21N3O2/c1-11-5-4-6-13(15-11)19-12-7-9-17(10-8-12)14(18)16(2)3/h4-6,12H,7-10H2,1-3H3. The summed E-state index contributed by atoms with van der Waals surface area (Å²) in [7, 11) is 3.56. The first-order valence-corrected chi connectivity index (χ1v) is 6.63. The molecule has 0 radical (unpaired) electrons. The quantitative estimate of drug-likeness (QED) is 0.819. The van der Waals surface area contributed by atoms with Crippen molar-refractivity contribution in [2.75, 3.05) is 27.2 Å². The summed E-state index contributed by atoms with van der Waals surface area (Å²) in [5.74, 6) is 0.678. The molecule has 1 saturated heterocycles. The Kier molecular flexibility index (Phi) is 4.24. The molecule has 19 heavy (non-hydrogen) atoms. The Morgan fingerprint density at radius 1 is 1.37 bits per heavy atom. The summed E-state index contributed by atoms with van der Waals surface area (Å²) in [5, 5.41) is 0. The van der Waals surface area contributed by atoms with Gasteiger partial charge in [-0.3, -0.25) is 0 Å². The third kappa shape index (κ3) is 3.59. The van der Waals surface area contributed by atoms with Gasteiger partial charge in [-0.25, -0.2) is 9.78 Å². The Morgan fingerprint density at radius 2 is 2.05 bits per heavy atom. The van der Waals surface area contributed by atoms with E-state index in [9.17, 15) is 4.79 Å². The Morgan fingerprint density at radius 3 is 2.63 bits per heavy atom. The van der Waals surface area contributed by atoms with E-state index in [-0.39, 0.29) is 12.1 Å². The van der Waals surface area contributed by atoms with Gasteiger partial charge in [0.15, 0.2) is 0 Å². The first-order valence-electron chi connectivity index (χ1n) is 6.63. The number of likely N-dealkylation sites (tertiary alicyclic amines) is 1. The summed E-state index contributed by atoms with van der Waals surface area (Å²) >= 11 is 0. The number of aromatic nitrogens is 1. The van der Waals surface area contributed by atoms with Crippen LogP contribution in [0.2, 0.25) is 0 Å². The normalized spacial score (nSPS) is 16.3. The maximum atomic E-state index is 11.8. The van der Waals surface area contributed by atoms with Gasteiger partial charge in [-0.1, -0.05) is 6.07 Å². The van der Waals surface area contributed by atoms with Crippen molar-refractivity contribution >= 4 is 6.03 Å². The maximum absolute atomic E-state index is 11.8. The predicted octanol–water partition coefficient (Wildman–Crippen LogP) is 1.91. The zero-order chi connectivity index (χ0) is 13.8. The van der Waals surface area contributed by atoms with Crippen LogP contribution in [0.5, 0.6) is 5.88 Å². The van der Waals surface area contributed by atoms with E-state index in [1.165, 1.54) is 0 Å². The van der Waals surface area contributed by atoms with Crippen LogP contribution in [0.3, 0.4) is 0 Å². The number of amides is 2. The predicted molar refractivity (Wildman–Crippen MR) is 73.3 cm³/mol. The van der Waals surface area contributed by atoms with Crippen molar-refractivity contribution in [1.82, 2.24) is 14.8 Å². The SMILES string of the molecule is Cc1cccc(OC2CCN(C(=O)N(C)C)CC2)n1. The summed E-state index contributed by atoms with van der Waals surface area (Å²) in [6, 6.07) is 5.85. The molecule has 1 fully saturated rings. The molecular formula is C14H21N3O2. The Labute approximate surface area is 114 Å². The molecule has 0 saturated carbocycles. The molecule has 0 bridgehead atoms. The van der Waals surface area contributed by atoms with E-state index in [1.807, 2.05) is 30.0 Å². The fourth-order valence-electron chi connectivity index (χ4n) is 2.20. The minimum Gasteiger partial charge on any atom is -0.474 e. The molecule has 0 N–H and O–H groups in total. The second-order valence-corrected chi connectivity index (χ2v) is 5.10. The van der Waals surface area contributed by atoms with Gasteiger partial charge in [-0.05, 0) is 13.0 Å². The van der Waals surface area contributed by atoms with Gasteiger partial charge in [0.05, 0.1) is 0 Å². The second-order valence-electron chi connectivity index (χ2n) is 5.10. The number of carbonyl (C=O) groups is 1. The van der Waals surface area contributed by atoms with Crippen molar-refractivity contribution in [2.45, 2.75) is 25.9 Å². The highest BCUT2D eigenvalue weighted by molar-refractivity contribution is 5.73. The topological polar surface area (TPSA) is 45.7 Å². The first-order chi connectivity index (χ1) is 9.06. The maximum Gasteiger partial charge on any atom is 0.319 e. The van der Waals surface area contributed by atoms with E-state index in [0.717, 1.165) is 31.6 Å². The van der Waals surface area contributed by atoms with Crippen LogP contribution in [0.1, 0.15) is 18.5 Å². The van der Waals surface area contributed by atoms with Gasteiger partial charge >= 0.3 is 6.03 Å². The van der Waals surface area contributed by atoms with Gasteiger partial charge < -0.3 is 14.5 Å². The van der Waals surface area contributed by atoms with Crippen LogP contribution < -0.4 is 4.74 Å². The molecule has 5 heteroatoms. The zero-order valence-electron chi connectivity index (χ0n) is 11.8. The molecule has 1 aliphatic rings. The van der Waals surface area contributed by atoms with Gasteiger partial charge in [0, 0.05) is 51.8 Å². The van der Waals surface area contributed by atoms with Gasteiger partial charge in [0.1, 0.15) is 6.10 Å². The smallest absolute Gasteiger partial charge is 0.319 e. The number of rotatable bonds is 2. The van der Waals surface area contributed by atoms with Gasteiger partial charge in [0.2, 0.25) is 5.88 Å². The van der Waals surface area contributed by atoms with E-state index in [1.54, 1.807) is 19.0 Å².